The Hall–Kier alpha value is -2.00. The lowest BCUT2D eigenvalue weighted by atomic mass is 9.83. The summed E-state index contributed by atoms with van der Waals surface area (Å²) < 4.78 is 52.7. The quantitative estimate of drug-likeness (QED) is 0.324. The lowest BCUT2D eigenvalue weighted by Crippen LogP contribution is -2.36. The van der Waals surface area contributed by atoms with E-state index in [2.05, 4.69) is 9.97 Å². The summed E-state index contributed by atoms with van der Waals surface area (Å²) in [5, 5.41) is -0.673. The van der Waals surface area contributed by atoms with Crippen LogP contribution in [-0.2, 0) is 17.4 Å². The first-order chi connectivity index (χ1) is 13.3. The molecule has 1 aromatic carbocycles. The molecule has 0 atom stereocenters. The fourth-order valence-electron chi connectivity index (χ4n) is 3.31. The van der Waals surface area contributed by atoms with E-state index >= 15 is 0 Å². The van der Waals surface area contributed by atoms with Gasteiger partial charge in [-0.2, -0.15) is 13.2 Å². The second-order valence-electron chi connectivity index (χ2n) is 6.62. The number of hydrogen-bond acceptors (Lipinski definition) is 4. The molecule has 1 saturated heterocycles. The van der Waals surface area contributed by atoms with Crippen LogP contribution in [0.3, 0.4) is 0 Å². The number of piperidine rings is 1. The third-order valence-electron chi connectivity index (χ3n) is 4.77. The van der Waals surface area contributed by atoms with Crippen LogP contribution < -0.4 is 0 Å². The van der Waals surface area contributed by atoms with E-state index in [0.717, 1.165) is 19.0 Å². The van der Waals surface area contributed by atoms with E-state index in [-0.39, 0.29) is 24.0 Å². The van der Waals surface area contributed by atoms with Gasteiger partial charge >= 0.3 is 6.18 Å². The summed E-state index contributed by atoms with van der Waals surface area (Å²) >= 11 is 5.60. The van der Waals surface area contributed by atoms with Gasteiger partial charge in [0.05, 0.1) is 6.19 Å². The van der Waals surface area contributed by atoms with Crippen LogP contribution in [-0.4, -0.2) is 41.5 Å². The van der Waals surface area contributed by atoms with Crippen molar-refractivity contribution >= 4 is 25.2 Å². The Bertz CT molecular complexity index is 857. The molecule has 3 rings (SSSR count). The number of halogens is 5. The Labute approximate surface area is 165 Å². The van der Waals surface area contributed by atoms with Crippen molar-refractivity contribution in [1.82, 2.24) is 14.8 Å². The van der Waals surface area contributed by atoms with Crippen LogP contribution in [0.4, 0.5) is 17.6 Å². The standard InChI is InChI=1S/C18H16BClF4N3O/c20-17-14(18(22,23)24)9-25-16(26-17)8-11-1-2-13(15(21)7-11)12-3-5-27(6-4-12)19-10-28/h1-2,7,9-10,12H,3-6,8H2. The van der Waals surface area contributed by atoms with Gasteiger partial charge in [0.25, 0.3) is 7.41 Å². The molecule has 147 valence electrons. The molecule has 0 bridgehead atoms. The molecule has 1 aliphatic rings. The highest BCUT2D eigenvalue weighted by molar-refractivity contribution is 6.64. The monoisotopic (exact) mass is 412 g/mol. The van der Waals surface area contributed by atoms with Crippen LogP contribution in [0.25, 0.3) is 0 Å². The average molecular weight is 413 g/mol. The first kappa shape index (κ1) is 20.7. The molecule has 1 fully saturated rings. The van der Waals surface area contributed by atoms with E-state index < -0.39 is 16.9 Å². The van der Waals surface area contributed by atoms with E-state index in [9.17, 15) is 22.4 Å². The van der Waals surface area contributed by atoms with Crippen LogP contribution >= 0.6 is 11.6 Å². The van der Waals surface area contributed by atoms with Gasteiger partial charge in [0.1, 0.15) is 22.4 Å². The number of aromatic nitrogens is 2. The highest BCUT2D eigenvalue weighted by atomic mass is 35.5. The molecule has 2 heterocycles. The Morgan fingerprint density at radius 3 is 2.57 bits per heavy atom. The minimum absolute atomic E-state index is 0.0575. The molecule has 0 aliphatic carbocycles. The number of carbonyl (C=O) groups excluding carboxylic acids is 1. The maximum atomic E-state index is 14.6. The zero-order valence-corrected chi connectivity index (χ0v) is 15.5. The lowest BCUT2D eigenvalue weighted by Gasteiger charge is -2.31. The zero-order chi connectivity index (χ0) is 20.3. The van der Waals surface area contributed by atoms with Crippen LogP contribution in [0.1, 0.15) is 41.3 Å². The van der Waals surface area contributed by atoms with Crippen molar-refractivity contribution in [3.63, 3.8) is 0 Å². The summed E-state index contributed by atoms with van der Waals surface area (Å²) in [5.41, 5.74) is 0.0438. The van der Waals surface area contributed by atoms with Gasteiger partial charge in [-0.15, -0.1) is 0 Å². The van der Waals surface area contributed by atoms with Gasteiger partial charge in [0, 0.05) is 12.6 Å². The number of rotatable bonds is 5. The Balaban J connectivity index is 1.69. The molecular formula is C18H16BClF4N3O. The van der Waals surface area contributed by atoms with Gasteiger partial charge < -0.3 is 9.61 Å². The van der Waals surface area contributed by atoms with Crippen molar-refractivity contribution in [1.29, 1.82) is 0 Å². The van der Waals surface area contributed by atoms with Gasteiger partial charge in [-0.1, -0.05) is 23.7 Å². The van der Waals surface area contributed by atoms with Crippen LogP contribution in [0.15, 0.2) is 24.4 Å². The van der Waals surface area contributed by atoms with Gasteiger partial charge in [0.15, 0.2) is 0 Å². The normalized spacial score (nSPS) is 16.2. The molecule has 2 aromatic rings. The van der Waals surface area contributed by atoms with Crippen molar-refractivity contribution in [2.45, 2.75) is 31.4 Å². The Morgan fingerprint density at radius 2 is 2.00 bits per heavy atom. The van der Waals surface area contributed by atoms with E-state index in [1.54, 1.807) is 12.1 Å². The highest BCUT2D eigenvalue weighted by Gasteiger charge is 2.34. The fraction of sp³-hybridized carbons (Fsp3) is 0.389. The van der Waals surface area contributed by atoms with Gasteiger partial charge in [0.2, 0.25) is 0 Å². The Kier molecular flexibility index (Phi) is 6.35. The molecule has 0 saturated carbocycles. The number of alkyl halides is 3. The fourth-order valence-corrected chi connectivity index (χ4v) is 3.56. The van der Waals surface area contributed by atoms with Gasteiger partial charge in [-0.3, -0.25) is 0 Å². The number of carbonyl (C=O) groups is 1. The second kappa shape index (κ2) is 8.57. The largest absolute Gasteiger partial charge is 0.420 e. The van der Waals surface area contributed by atoms with Crippen molar-refractivity contribution in [2.75, 3.05) is 13.1 Å². The van der Waals surface area contributed by atoms with Crippen LogP contribution in [0.2, 0.25) is 5.15 Å². The van der Waals surface area contributed by atoms with Gasteiger partial charge in [-0.25, -0.2) is 14.4 Å². The molecule has 0 spiro atoms. The first-order valence-electron chi connectivity index (χ1n) is 8.67. The van der Waals surface area contributed by atoms with E-state index in [1.807, 2.05) is 4.81 Å². The molecule has 28 heavy (non-hydrogen) atoms. The minimum atomic E-state index is -4.62. The summed E-state index contributed by atoms with van der Waals surface area (Å²) in [7, 11) is 1.49. The SMILES string of the molecule is O=C[B]N1CCC(c2ccc(Cc3ncc(C(F)(F)F)c(Cl)n3)cc2F)CC1. The molecule has 10 heteroatoms. The third-order valence-corrected chi connectivity index (χ3v) is 5.05. The van der Waals surface area contributed by atoms with Crippen LogP contribution in [0.5, 0.6) is 0 Å². The first-order valence-corrected chi connectivity index (χ1v) is 9.05. The van der Waals surface area contributed by atoms with E-state index in [1.165, 1.54) is 13.5 Å². The van der Waals surface area contributed by atoms with Crippen molar-refractivity contribution in [3.05, 3.63) is 57.9 Å². The minimum Gasteiger partial charge on any atom is -0.340 e. The zero-order valence-electron chi connectivity index (χ0n) is 14.7. The molecule has 1 aromatic heterocycles. The second-order valence-corrected chi connectivity index (χ2v) is 6.97. The van der Waals surface area contributed by atoms with Crippen LogP contribution in [0, 0.1) is 5.82 Å². The number of benzene rings is 1. The molecule has 0 N–H and O–H groups in total. The lowest BCUT2D eigenvalue weighted by molar-refractivity contribution is -0.138. The summed E-state index contributed by atoms with van der Waals surface area (Å²) in [6, 6.07) is 4.77. The summed E-state index contributed by atoms with van der Waals surface area (Å²) in [5.74, 6) is -0.224. The van der Waals surface area contributed by atoms with Crippen molar-refractivity contribution in [2.24, 2.45) is 0 Å². The smallest absolute Gasteiger partial charge is 0.340 e. The summed E-state index contributed by atoms with van der Waals surface area (Å²) in [6.07, 6.45) is -1.70. The maximum Gasteiger partial charge on any atom is 0.420 e. The number of nitrogens with zero attached hydrogens (tertiary/aromatic N) is 3. The summed E-state index contributed by atoms with van der Waals surface area (Å²) in [4.78, 5) is 19.8. The summed E-state index contributed by atoms with van der Waals surface area (Å²) in [6.45, 7) is 1.37. The molecule has 1 radical (unpaired) electrons. The highest BCUT2D eigenvalue weighted by Crippen LogP contribution is 2.33. The topological polar surface area (TPSA) is 46.1 Å². The molecular weight excluding hydrogens is 396 g/mol. The Morgan fingerprint density at radius 1 is 1.29 bits per heavy atom. The van der Waals surface area contributed by atoms with E-state index in [0.29, 0.717) is 30.4 Å². The maximum absolute atomic E-state index is 14.6. The van der Waals surface area contributed by atoms with Crippen molar-refractivity contribution in [3.8, 4) is 0 Å². The average Bonchev–Trinajstić information content (AvgIpc) is 2.62. The molecule has 1 aliphatic heterocycles. The molecule has 0 amide bonds. The predicted molar refractivity (Wildman–Crippen MR) is 97.3 cm³/mol. The predicted octanol–water partition coefficient (Wildman–Crippen LogP) is 3.87. The van der Waals surface area contributed by atoms with Gasteiger partial charge in [-0.05, 0) is 49.0 Å². The van der Waals surface area contributed by atoms with E-state index in [4.69, 9.17) is 11.6 Å². The molecule has 0 unspecified atom stereocenters. The number of hydrogen-bond donors (Lipinski definition) is 0. The third kappa shape index (κ3) is 4.88. The van der Waals surface area contributed by atoms with Crippen molar-refractivity contribution < 1.29 is 22.4 Å². The molecule has 4 nitrogen and oxygen atoms in total.